The highest BCUT2D eigenvalue weighted by molar-refractivity contribution is 5.93. The fraction of sp³-hybridized carbons (Fsp3) is 0.0909. The van der Waals surface area contributed by atoms with Gasteiger partial charge >= 0.3 is 0 Å². The van der Waals surface area contributed by atoms with E-state index in [0.717, 1.165) is 16.5 Å². The fourth-order valence-electron chi connectivity index (χ4n) is 1.32. The van der Waals surface area contributed by atoms with Crippen molar-refractivity contribution in [3.8, 4) is 0 Å². The summed E-state index contributed by atoms with van der Waals surface area (Å²) in [5, 5.41) is 0.992. The van der Waals surface area contributed by atoms with Gasteiger partial charge in [-0.1, -0.05) is 6.07 Å². The Morgan fingerprint density at radius 3 is 3.00 bits per heavy atom. The van der Waals surface area contributed by atoms with E-state index in [1.165, 1.54) is 0 Å². The molecule has 1 heterocycles. The van der Waals surface area contributed by atoms with E-state index in [-0.39, 0.29) is 5.69 Å². The summed E-state index contributed by atoms with van der Waals surface area (Å²) in [7, 11) is 0. The number of amides is 1. The van der Waals surface area contributed by atoms with Crippen molar-refractivity contribution >= 4 is 16.8 Å². The lowest BCUT2D eigenvalue weighted by molar-refractivity contribution is 0.0996. The van der Waals surface area contributed by atoms with Crippen molar-refractivity contribution in [1.82, 2.24) is 4.98 Å². The van der Waals surface area contributed by atoms with Crippen LogP contribution >= 0.6 is 0 Å². The minimum Gasteiger partial charge on any atom is -0.364 e. The lowest BCUT2D eigenvalue weighted by Crippen LogP contribution is -2.12. The van der Waals surface area contributed by atoms with Gasteiger partial charge in [0.15, 0.2) is 0 Å². The second-order valence-electron chi connectivity index (χ2n) is 3.15. The SMILES string of the molecule is Cc1[c]cc2nc(C(N)=O)ccc2c1. The molecular weight excluding hydrogens is 176 g/mol. The van der Waals surface area contributed by atoms with Gasteiger partial charge in [0.25, 0.3) is 5.91 Å². The van der Waals surface area contributed by atoms with Crippen LogP contribution in [-0.2, 0) is 0 Å². The molecule has 2 rings (SSSR count). The highest BCUT2D eigenvalue weighted by atomic mass is 16.1. The Labute approximate surface area is 81.6 Å². The number of hydrogen-bond donors (Lipinski definition) is 1. The maximum absolute atomic E-state index is 10.9. The molecule has 0 bridgehead atoms. The van der Waals surface area contributed by atoms with Crippen LogP contribution < -0.4 is 5.73 Å². The Morgan fingerprint density at radius 1 is 1.50 bits per heavy atom. The van der Waals surface area contributed by atoms with Gasteiger partial charge in [0.2, 0.25) is 0 Å². The molecule has 3 nitrogen and oxygen atoms in total. The van der Waals surface area contributed by atoms with E-state index < -0.39 is 5.91 Å². The summed E-state index contributed by atoms with van der Waals surface area (Å²) in [5.74, 6) is -0.507. The Bertz CT molecular complexity index is 506. The number of benzene rings is 1. The summed E-state index contributed by atoms with van der Waals surface area (Å²) in [6, 6.07) is 10.2. The van der Waals surface area contributed by atoms with Crippen molar-refractivity contribution < 1.29 is 4.79 Å². The number of aromatic nitrogens is 1. The Hall–Kier alpha value is -1.90. The first-order valence-electron chi connectivity index (χ1n) is 4.26. The van der Waals surface area contributed by atoms with Crippen LogP contribution in [-0.4, -0.2) is 10.9 Å². The van der Waals surface area contributed by atoms with Gasteiger partial charge in [-0.3, -0.25) is 4.79 Å². The van der Waals surface area contributed by atoms with E-state index in [9.17, 15) is 4.79 Å². The number of fused-ring (bicyclic) bond motifs is 1. The van der Waals surface area contributed by atoms with Crippen LogP contribution in [0, 0.1) is 13.0 Å². The third-order valence-electron chi connectivity index (χ3n) is 2.02. The van der Waals surface area contributed by atoms with Crippen molar-refractivity contribution in [2.45, 2.75) is 6.92 Å². The number of hydrogen-bond acceptors (Lipinski definition) is 2. The van der Waals surface area contributed by atoms with Crippen LogP contribution in [0.4, 0.5) is 0 Å². The molecule has 1 aromatic heterocycles. The molecule has 3 heteroatoms. The van der Waals surface area contributed by atoms with Gasteiger partial charge in [0.05, 0.1) is 5.52 Å². The lowest BCUT2D eigenvalue weighted by atomic mass is 10.1. The van der Waals surface area contributed by atoms with Gasteiger partial charge in [0, 0.05) is 5.39 Å². The number of primary amides is 1. The second-order valence-corrected chi connectivity index (χ2v) is 3.15. The number of nitrogens with two attached hydrogens (primary N) is 1. The third kappa shape index (κ3) is 1.44. The van der Waals surface area contributed by atoms with Gasteiger partial charge in [-0.25, -0.2) is 4.98 Å². The Kier molecular flexibility index (Phi) is 1.93. The van der Waals surface area contributed by atoms with Gasteiger partial charge in [-0.2, -0.15) is 0 Å². The highest BCUT2D eigenvalue weighted by Gasteiger charge is 2.02. The lowest BCUT2D eigenvalue weighted by Gasteiger charge is -1.99. The van der Waals surface area contributed by atoms with Gasteiger partial charge < -0.3 is 5.73 Å². The molecule has 0 saturated heterocycles. The number of pyridine rings is 1. The number of rotatable bonds is 1. The standard InChI is InChI=1S/C11H9N2O/c1-7-2-4-9-8(6-7)3-5-10(13-9)11(12)14/h3-6H,1H3,(H2,12,14). The number of nitrogens with zero attached hydrogens (tertiary/aromatic N) is 1. The first kappa shape index (κ1) is 8.69. The highest BCUT2D eigenvalue weighted by Crippen LogP contribution is 2.13. The molecule has 1 radical (unpaired) electrons. The van der Waals surface area contributed by atoms with E-state index >= 15 is 0 Å². The summed E-state index contributed by atoms with van der Waals surface area (Å²) in [6.45, 7) is 1.96. The third-order valence-corrected chi connectivity index (χ3v) is 2.02. The zero-order chi connectivity index (χ0) is 10.1. The fourth-order valence-corrected chi connectivity index (χ4v) is 1.32. The summed E-state index contributed by atoms with van der Waals surface area (Å²) in [4.78, 5) is 15.0. The first-order chi connectivity index (χ1) is 6.66. The molecule has 0 fully saturated rings. The van der Waals surface area contributed by atoms with Gasteiger partial charge in [0.1, 0.15) is 5.69 Å². The maximum atomic E-state index is 10.9. The van der Waals surface area contributed by atoms with Crippen LogP contribution in [0.15, 0.2) is 24.3 Å². The molecule has 0 spiro atoms. The minimum absolute atomic E-state index is 0.287. The maximum Gasteiger partial charge on any atom is 0.267 e. The predicted octanol–water partition coefficient (Wildman–Crippen LogP) is 1.44. The molecule has 0 aliphatic rings. The topological polar surface area (TPSA) is 56.0 Å². The van der Waals surface area contributed by atoms with Crippen LogP contribution in [0.2, 0.25) is 0 Å². The van der Waals surface area contributed by atoms with E-state index in [1.807, 2.05) is 19.1 Å². The quantitative estimate of drug-likeness (QED) is 0.730. The Morgan fingerprint density at radius 2 is 2.29 bits per heavy atom. The van der Waals surface area contributed by atoms with E-state index in [0.29, 0.717) is 0 Å². The molecule has 2 aromatic rings. The van der Waals surface area contributed by atoms with Crippen LogP contribution in [0.3, 0.4) is 0 Å². The first-order valence-corrected chi connectivity index (χ1v) is 4.26. The summed E-state index contributed by atoms with van der Waals surface area (Å²) in [5.41, 5.74) is 7.20. The summed E-state index contributed by atoms with van der Waals surface area (Å²) < 4.78 is 0. The smallest absolute Gasteiger partial charge is 0.267 e. The van der Waals surface area contributed by atoms with Crippen molar-refractivity contribution in [2.24, 2.45) is 5.73 Å². The molecule has 0 saturated carbocycles. The Balaban J connectivity index is 2.67. The molecule has 14 heavy (non-hydrogen) atoms. The zero-order valence-corrected chi connectivity index (χ0v) is 7.74. The van der Waals surface area contributed by atoms with Gasteiger partial charge in [-0.15, -0.1) is 0 Å². The van der Waals surface area contributed by atoms with E-state index in [2.05, 4.69) is 11.1 Å². The number of carbonyl (C=O) groups excluding carboxylic acids is 1. The van der Waals surface area contributed by atoms with Crippen molar-refractivity contribution in [1.29, 1.82) is 0 Å². The summed E-state index contributed by atoms with van der Waals surface area (Å²) in [6.07, 6.45) is 0. The average molecular weight is 185 g/mol. The van der Waals surface area contributed by atoms with Crippen molar-refractivity contribution in [3.63, 3.8) is 0 Å². The average Bonchev–Trinajstić information content (AvgIpc) is 2.16. The molecule has 2 N–H and O–H groups in total. The molecule has 0 unspecified atom stereocenters. The summed E-state index contributed by atoms with van der Waals surface area (Å²) >= 11 is 0. The van der Waals surface area contributed by atoms with E-state index in [4.69, 9.17) is 5.73 Å². The van der Waals surface area contributed by atoms with Crippen molar-refractivity contribution in [3.05, 3.63) is 41.6 Å². The predicted molar refractivity (Wildman–Crippen MR) is 53.8 cm³/mol. The van der Waals surface area contributed by atoms with Gasteiger partial charge in [-0.05, 0) is 36.8 Å². The number of aryl methyl sites for hydroxylation is 1. The largest absolute Gasteiger partial charge is 0.364 e. The molecule has 0 atom stereocenters. The molecule has 0 aliphatic carbocycles. The molecule has 1 aromatic carbocycles. The normalized spacial score (nSPS) is 10.4. The van der Waals surface area contributed by atoms with Crippen LogP contribution in [0.5, 0.6) is 0 Å². The van der Waals surface area contributed by atoms with Crippen molar-refractivity contribution in [2.75, 3.05) is 0 Å². The van der Waals surface area contributed by atoms with Crippen LogP contribution in [0.1, 0.15) is 16.1 Å². The minimum atomic E-state index is -0.507. The molecule has 69 valence electrons. The molecule has 0 aliphatic heterocycles. The van der Waals surface area contributed by atoms with E-state index in [1.54, 1.807) is 12.1 Å². The number of carbonyl (C=O) groups is 1. The molecule has 1 amide bonds. The zero-order valence-electron chi connectivity index (χ0n) is 7.74. The molecular formula is C11H9N2O. The monoisotopic (exact) mass is 185 g/mol. The van der Waals surface area contributed by atoms with Crippen LogP contribution in [0.25, 0.3) is 10.9 Å². The second kappa shape index (κ2) is 3.10.